The number of hydrogen-bond donors (Lipinski definition) is 1. The van der Waals surface area contributed by atoms with Gasteiger partial charge in [0.15, 0.2) is 0 Å². The van der Waals surface area contributed by atoms with Crippen LogP contribution in [0.4, 0.5) is 0 Å². The molecule has 1 amide bonds. The van der Waals surface area contributed by atoms with Crippen LogP contribution in [0.2, 0.25) is 0 Å². The fourth-order valence-corrected chi connectivity index (χ4v) is 5.31. The summed E-state index contributed by atoms with van der Waals surface area (Å²) in [5.41, 5.74) is 0.771. The molecule has 5 nitrogen and oxygen atoms in total. The van der Waals surface area contributed by atoms with Crippen LogP contribution in [0.25, 0.3) is 10.6 Å². The highest BCUT2D eigenvalue weighted by atomic mass is 32.1. The van der Waals surface area contributed by atoms with Crippen molar-refractivity contribution in [3.8, 4) is 10.6 Å². The minimum absolute atomic E-state index is 0.0388. The van der Waals surface area contributed by atoms with Gasteiger partial charge in [0.25, 0.3) is 0 Å². The van der Waals surface area contributed by atoms with Gasteiger partial charge in [-0.05, 0) is 32.2 Å². The van der Waals surface area contributed by atoms with Crippen molar-refractivity contribution in [2.45, 2.75) is 37.8 Å². The summed E-state index contributed by atoms with van der Waals surface area (Å²) in [6.45, 7) is 3.00. The Morgan fingerprint density at radius 3 is 2.69 bits per heavy atom. The molecule has 1 spiro atoms. The number of hydrogen-bond acceptors (Lipinski definition) is 5. The van der Waals surface area contributed by atoms with E-state index in [1.54, 1.807) is 11.3 Å². The second kappa shape index (κ2) is 7.47. The predicted octanol–water partition coefficient (Wildman–Crippen LogP) is 2.76. The van der Waals surface area contributed by atoms with E-state index in [4.69, 9.17) is 0 Å². The lowest BCUT2D eigenvalue weighted by molar-refractivity contribution is -0.148. The molecule has 138 valence electrons. The first-order valence-corrected chi connectivity index (χ1v) is 10.2. The molecule has 0 radical (unpaired) electrons. The lowest BCUT2D eigenvalue weighted by Crippen LogP contribution is -2.60. The summed E-state index contributed by atoms with van der Waals surface area (Å²) in [6, 6.07) is 10.2. The summed E-state index contributed by atoms with van der Waals surface area (Å²) < 4.78 is 0. The van der Waals surface area contributed by atoms with Gasteiger partial charge in [-0.2, -0.15) is 0 Å². The Morgan fingerprint density at radius 2 is 1.92 bits per heavy atom. The zero-order chi connectivity index (χ0) is 18.0. The molecule has 1 atom stereocenters. The van der Waals surface area contributed by atoms with Gasteiger partial charge in [-0.1, -0.05) is 30.3 Å². The molecule has 1 unspecified atom stereocenters. The standard InChI is InChI=1S/C20H25N3O2S/c24-13-12-22-10-4-8-20(19(22)25)9-5-11-23(20)15-17-14-21-18(26-17)16-6-2-1-3-7-16/h1-3,6-7,14,24H,4-5,8-13,15H2. The van der Waals surface area contributed by atoms with E-state index in [0.29, 0.717) is 6.54 Å². The number of carbonyl (C=O) groups excluding carboxylic acids is 1. The minimum Gasteiger partial charge on any atom is -0.395 e. The average Bonchev–Trinajstić information content (AvgIpc) is 3.29. The summed E-state index contributed by atoms with van der Waals surface area (Å²) in [7, 11) is 0. The molecular formula is C20H25N3O2S. The molecule has 2 aliphatic rings. The van der Waals surface area contributed by atoms with Crippen molar-refractivity contribution in [3.63, 3.8) is 0 Å². The highest BCUT2D eigenvalue weighted by Gasteiger charge is 2.50. The highest BCUT2D eigenvalue weighted by Crippen LogP contribution is 2.40. The van der Waals surface area contributed by atoms with Gasteiger partial charge in [0.1, 0.15) is 10.5 Å². The number of thiazole rings is 1. The number of rotatable bonds is 5. The maximum absolute atomic E-state index is 13.1. The third-order valence-corrected chi connectivity index (χ3v) is 6.65. The van der Waals surface area contributed by atoms with Crippen LogP contribution >= 0.6 is 11.3 Å². The molecule has 26 heavy (non-hydrogen) atoms. The number of piperidine rings is 1. The second-order valence-electron chi connectivity index (χ2n) is 7.17. The largest absolute Gasteiger partial charge is 0.395 e. The number of β-amino-alcohol motifs (C(OH)–C–C–N with tert-alkyl or cyclic N) is 1. The Hall–Kier alpha value is -1.76. The Morgan fingerprint density at radius 1 is 1.15 bits per heavy atom. The van der Waals surface area contributed by atoms with Crippen LogP contribution in [-0.4, -0.2) is 57.6 Å². The number of aliphatic hydroxyl groups is 1. The molecule has 2 fully saturated rings. The summed E-state index contributed by atoms with van der Waals surface area (Å²) >= 11 is 1.71. The van der Waals surface area contributed by atoms with Gasteiger partial charge >= 0.3 is 0 Å². The molecule has 2 saturated heterocycles. The molecule has 0 aliphatic carbocycles. The third-order valence-electron chi connectivity index (χ3n) is 5.62. The first kappa shape index (κ1) is 17.6. The van der Waals surface area contributed by atoms with E-state index >= 15 is 0 Å². The first-order valence-electron chi connectivity index (χ1n) is 9.38. The van der Waals surface area contributed by atoms with Crippen LogP contribution in [0.1, 0.15) is 30.6 Å². The van der Waals surface area contributed by atoms with Crippen molar-refractivity contribution in [2.24, 2.45) is 0 Å². The number of benzene rings is 1. The van der Waals surface area contributed by atoms with Crippen LogP contribution in [0.3, 0.4) is 0 Å². The molecule has 0 bridgehead atoms. The van der Waals surface area contributed by atoms with Gasteiger partial charge in [-0.15, -0.1) is 11.3 Å². The minimum atomic E-state index is -0.371. The Kier molecular flexibility index (Phi) is 5.07. The number of likely N-dealkylation sites (tertiary alicyclic amines) is 2. The van der Waals surface area contributed by atoms with Crippen molar-refractivity contribution < 1.29 is 9.90 Å². The quantitative estimate of drug-likeness (QED) is 0.878. The summed E-state index contributed by atoms with van der Waals surface area (Å²) in [5.74, 6) is 0.211. The van der Waals surface area contributed by atoms with Crippen LogP contribution in [0.5, 0.6) is 0 Å². The summed E-state index contributed by atoms with van der Waals surface area (Å²) in [4.78, 5) is 23.1. The van der Waals surface area contributed by atoms with Crippen LogP contribution in [-0.2, 0) is 11.3 Å². The molecule has 1 N–H and O–H groups in total. The van der Waals surface area contributed by atoms with Crippen molar-refractivity contribution in [1.82, 2.24) is 14.8 Å². The molecule has 1 aromatic heterocycles. The fourth-order valence-electron chi connectivity index (χ4n) is 4.37. The van der Waals surface area contributed by atoms with Crippen molar-refractivity contribution in [2.75, 3.05) is 26.2 Å². The normalized spacial score (nSPS) is 23.9. The number of aliphatic hydroxyl groups excluding tert-OH is 1. The third kappa shape index (κ3) is 3.17. The number of nitrogens with zero attached hydrogens (tertiary/aromatic N) is 3. The SMILES string of the molecule is O=C1N(CCO)CCCC12CCCN2Cc1cnc(-c2ccccc2)s1. The van der Waals surface area contributed by atoms with Gasteiger partial charge in [0.2, 0.25) is 5.91 Å². The maximum atomic E-state index is 13.1. The first-order chi connectivity index (χ1) is 12.7. The fraction of sp³-hybridized carbons (Fsp3) is 0.500. The molecule has 1 aromatic carbocycles. The van der Waals surface area contributed by atoms with Gasteiger partial charge < -0.3 is 10.0 Å². The van der Waals surface area contributed by atoms with E-state index in [9.17, 15) is 9.90 Å². The average molecular weight is 372 g/mol. The zero-order valence-corrected chi connectivity index (χ0v) is 15.7. The van der Waals surface area contributed by atoms with Gasteiger partial charge in [-0.25, -0.2) is 4.98 Å². The van der Waals surface area contributed by atoms with Gasteiger partial charge in [0, 0.05) is 36.3 Å². The summed E-state index contributed by atoms with van der Waals surface area (Å²) in [5, 5.41) is 10.3. The molecular weight excluding hydrogens is 346 g/mol. The van der Waals surface area contributed by atoms with Crippen LogP contribution in [0.15, 0.2) is 36.5 Å². The van der Waals surface area contributed by atoms with Gasteiger partial charge in [-0.3, -0.25) is 9.69 Å². The smallest absolute Gasteiger partial charge is 0.243 e. The topological polar surface area (TPSA) is 56.7 Å². The van der Waals surface area contributed by atoms with Crippen LogP contribution < -0.4 is 0 Å². The summed E-state index contributed by atoms with van der Waals surface area (Å²) in [6.07, 6.45) is 5.89. The van der Waals surface area contributed by atoms with E-state index in [1.807, 2.05) is 29.3 Å². The molecule has 2 aromatic rings. The van der Waals surface area contributed by atoms with E-state index in [0.717, 1.165) is 55.9 Å². The predicted molar refractivity (Wildman–Crippen MR) is 103 cm³/mol. The number of amides is 1. The highest BCUT2D eigenvalue weighted by molar-refractivity contribution is 7.15. The molecule has 6 heteroatoms. The second-order valence-corrected chi connectivity index (χ2v) is 8.29. The lowest BCUT2D eigenvalue weighted by Gasteiger charge is -2.44. The van der Waals surface area contributed by atoms with Crippen molar-refractivity contribution in [1.29, 1.82) is 0 Å². The Labute approximate surface area is 158 Å². The van der Waals surface area contributed by atoms with Crippen molar-refractivity contribution in [3.05, 3.63) is 41.4 Å². The molecule has 0 saturated carbocycles. The Bertz CT molecular complexity index is 761. The number of carbonyl (C=O) groups is 1. The molecule has 4 rings (SSSR count). The monoisotopic (exact) mass is 371 g/mol. The van der Waals surface area contributed by atoms with E-state index in [1.165, 1.54) is 4.88 Å². The van der Waals surface area contributed by atoms with Crippen molar-refractivity contribution >= 4 is 17.2 Å². The Balaban J connectivity index is 1.53. The zero-order valence-electron chi connectivity index (χ0n) is 14.9. The molecule has 3 heterocycles. The molecule has 2 aliphatic heterocycles. The number of aromatic nitrogens is 1. The van der Waals surface area contributed by atoms with Gasteiger partial charge in [0.05, 0.1) is 6.61 Å². The van der Waals surface area contributed by atoms with Crippen LogP contribution in [0, 0.1) is 0 Å². The lowest BCUT2D eigenvalue weighted by atomic mass is 9.85. The van der Waals surface area contributed by atoms with E-state index in [2.05, 4.69) is 22.0 Å². The van der Waals surface area contributed by atoms with E-state index in [-0.39, 0.29) is 18.1 Å². The maximum Gasteiger partial charge on any atom is 0.243 e. The van der Waals surface area contributed by atoms with E-state index < -0.39 is 0 Å².